The van der Waals surface area contributed by atoms with E-state index < -0.39 is 11.0 Å². The quantitative estimate of drug-likeness (QED) is 0.445. The molecule has 4 nitrogen and oxygen atoms in total. The van der Waals surface area contributed by atoms with Crippen LogP contribution < -0.4 is 11.5 Å². The number of alkyl halides is 1. The molecular formula is C11H17ClN2O2. The van der Waals surface area contributed by atoms with Gasteiger partial charge in [0, 0.05) is 12.1 Å². The lowest BCUT2D eigenvalue weighted by Gasteiger charge is -2.23. The van der Waals surface area contributed by atoms with E-state index in [-0.39, 0.29) is 6.42 Å². The summed E-state index contributed by atoms with van der Waals surface area (Å²) in [6.07, 6.45) is 3.32. The Labute approximate surface area is 100 Å². The van der Waals surface area contributed by atoms with Crippen LogP contribution in [0, 0.1) is 5.92 Å². The van der Waals surface area contributed by atoms with E-state index >= 15 is 0 Å². The van der Waals surface area contributed by atoms with E-state index in [0.29, 0.717) is 23.8 Å². The fourth-order valence-corrected chi connectivity index (χ4v) is 1.50. The number of nitrogens with two attached hydrogens (primary N) is 2. The molecule has 0 amide bonds. The van der Waals surface area contributed by atoms with Crippen molar-refractivity contribution in [3.63, 3.8) is 0 Å². The molecule has 0 saturated carbocycles. The van der Waals surface area contributed by atoms with Gasteiger partial charge < -0.3 is 16.2 Å². The Kier molecular flexibility index (Phi) is 3.99. The third-order valence-corrected chi connectivity index (χ3v) is 2.36. The van der Waals surface area contributed by atoms with Crippen LogP contribution in [0.3, 0.4) is 0 Å². The first kappa shape index (κ1) is 13.1. The van der Waals surface area contributed by atoms with Gasteiger partial charge in [0.2, 0.25) is 0 Å². The number of ether oxygens (including phenoxy) is 1. The molecule has 0 bridgehead atoms. The van der Waals surface area contributed by atoms with Crippen molar-refractivity contribution >= 4 is 17.6 Å². The van der Waals surface area contributed by atoms with Crippen LogP contribution in [0.15, 0.2) is 23.4 Å². The molecule has 0 saturated heterocycles. The smallest absolute Gasteiger partial charge is 0.339 e. The molecule has 0 radical (unpaired) electrons. The van der Waals surface area contributed by atoms with Gasteiger partial charge in [-0.2, -0.15) is 0 Å². The molecule has 0 aromatic heterocycles. The molecule has 1 rings (SSSR count). The second kappa shape index (κ2) is 4.89. The van der Waals surface area contributed by atoms with Crippen molar-refractivity contribution < 1.29 is 9.53 Å². The second-order valence-corrected chi connectivity index (χ2v) is 5.07. The molecule has 1 aliphatic rings. The summed E-state index contributed by atoms with van der Waals surface area (Å²) in [6, 6.07) is 0. The molecular weight excluding hydrogens is 228 g/mol. The van der Waals surface area contributed by atoms with Gasteiger partial charge >= 0.3 is 5.97 Å². The van der Waals surface area contributed by atoms with Gasteiger partial charge in [0.25, 0.3) is 0 Å². The first-order valence-corrected chi connectivity index (χ1v) is 5.52. The zero-order valence-electron chi connectivity index (χ0n) is 9.50. The molecule has 4 N–H and O–H groups in total. The summed E-state index contributed by atoms with van der Waals surface area (Å²) in [4.78, 5) is 10.6. The minimum Gasteiger partial charge on any atom is -0.462 e. The van der Waals surface area contributed by atoms with Crippen molar-refractivity contribution in [1.29, 1.82) is 0 Å². The zero-order valence-corrected chi connectivity index (χ0v) is 10.3. The lowest BCUT2D eigenvalue weighted by Crippen LogP contribution is -2.35. The maximum atomic E-state index is 11.6. The monoisotopic (exact) mass is 244 g/mol. The van der Waals surface area contributed by atoms with Gasteiger partial charge in [-0.1, -0.05) is 25.4 Å². The number of halogens is 1. The van der Waals surface area contributed by atoms with Gasteiger partial charge in [0.05, 0.1) is 12.2 Å². The third kappa shape index (κ3) is 3.54. The Hall–Kier alpha value is -1.00. The van der Waals surface area contributed by atoms with Crippen LogP contribution >= 0.6 is 11.6 Å². The Morgan fingerprint density at radius 1 is 1.69 bits per heavy atom. The average molecular weight is 245 g/mol. The maximum absolute atomic E-state index is 11.6. The van der Waals surface area contributed by atoms with Gasteiger partial charge in [-0.3, -0.25) is 0 Å². The van der Waals surface area contributed by atoms with Crippen LogP contribution in [0.5, 0.6) is 0 Å². The van der Waals surface area contributed by atoms with E-state index in [1.165, 1.54) is 6.08 Å². The maximum Gasteiger partial charge on any atom is 0.339 e. The number of esters is 1. The number of hydrogen-bond donors (Lipinski definition) is 2. The summed E-state index contributed by atoms with van der Waals surface area (Å²) in [6.45, 7) is 4.30. The Balaban J connectivity index is 2.68. The fraction of sp³-hybridized carbons (Fsp3) is 0.545. The van der Waals surface area contributed by atoms with Crippen LogP contribution in [-0.4, -0.2) is 17.6 Å². The molecule has 0 aromatic carbocycles. The minimum absolute atomic E-state index is 0.247. The average Bonchev–Trinajstić information content (AvgIpc) is 2.12. The number of hydrogen-bond acceptors (Lipinski definition) is 4. The largest absolute Gasteiger partial charge is 0.462 e. The van der Waals surface area contributed by atoms with Crippen molar-refractivity contribution in [2.24, 2.45) is 17.4 Å². The summed E-state index contributed by atoms with van der Waals surface area (Å²) in [5, 5.41) is 0. The van der Waals surface area contributed by atoms with E-state index in [1.54, 1.807) is 6.08 Å². The molecule has 1 atom stereocenters. The highest BCUT2D eigenvalue weighted by Gasteiger charge is 2.27. The van der Waals surface area contributed by atoms with Gasteiger partial charge in [0.15, 0.2) is 0 Å². The van der Waals surface area contributed by atoms with Crippen molar-refractivity contribution in [2.75, 3.05) is 6.61 Å². The molecule has 0 spiro atoms. The van der Waals surface area contributed by atoms with E-state index in [1.807, 2.05) is 13.8 Å². The van der Waals surface area contributed by atoms with E-state index in [0.717, 1.165) is 0 Å². The first-order chi connectivity index (χ1) is 7.32. The highest BCUT2D eigenvalue weighted by molar-refractivity contribution is 6.25. The Bertz CT molecular complexity index is 346. The molecule has 0 aromatic rings. The lowest BCUT2D eigenvalue weighted by molar-refractivity contribution is -0.139. The van der Waals surface area contributed by atoms with Gasteiger partial charge in [-0.05, 0) is 18.1 Å². The SMILES string of the molecule is CC(C)COC(=O)C1=C(N)CC(N)(Cl)C=C1. The van der Waals surface area contributed by atoms with Gasteiger partial charge in [-0.25, -0.2) is 4.79 Å². The van der Waals surface area contributed by atoms with E-state index in [2.05, 4.69) is 0 Å². The lowest BCUT2D eigenvalue weighted by atomic mass is 10.00. The molecule has 1 aliphatic carbocycles. The van der Waals surface area contributed by atoms with Crippen molar-refractivity contribution in [3.05, 3.63) is 23.4 Å². The normalized spacial score (nSPS) is 25.1. The Morgan fingerprint density at radius 2 is 2.31 bits per heavy atom. The van der Waals surface area contributed by atoms with Crippen molar-refractivity contribution in [3.8, 4) is 0 Å². The fourth-order valence-electron chi connectivity index (χ4n) is 1.29. The zero-order chi connectivity index (χ0) is 12.3. The standard InChI is InChI=1S/C11H17ClN2O2/c1-7(2)6-16-10(15)8-3-4-11(12,14)5-9(8)13/h3-4,7H,5-6,13-14H2,1-2H3. The van der Waals surface area contributed by atoms with Crippen molar-refractivity contribution in [2.45, 2.75) is 25.3 Å². The van der Waals surface area contributed by atoms with Crippen LogP contribution in [0.25, 0.3) is 0 Å². The van der Waals surface area contributed by atoms with Gasteiger partial charge in [0.1, 0.15) is 5.00 Å². The van der Waals surface area contributed by atoms with Crippen molar-refractivity contribution in [1.82, 2.24) is 0 Å². The topological polar surface area (TPSA) is 78.3 Å². The molecule has 0 heterocycles. The van der Waals surface area contributed by atoms with Crippen LogP contribution in [0.2, 0.25) is 0 Å². The molecule has 90 valence electrons. The summed E-state index contributed by atoms with van der Waals surface area (Å²) in [5.74, 6) is -0.130. The highest BCUT2D eigenvalue weighted by Crippen LogP contribution is 2.26. The molecule has 5 heteroatoms. The first-order valence-electron chi connectivity index (χ1n) is 5.14. The number of rotatable bonds is 3. The van der Waals surface area contributed by atoms with E-state index in [9.17, 15) is 4.79 Å². The second-order valence-electron chi connectivity index (χ2n) is 4.37. The van der Waals surface area contributed by atoms with Gasteiger partial charge in [-0.15, -0.1) is 0 Å². The summed E-state index contributed by atoms with van der Waals surface area (Å²) >= 11 is 5.89. The van der Waals surface area contributed by atoms with Crippen LogP contribution in [-0.2, 0) is 9.53 Å². The number of carbonyl (C=O) groups is 1. The Morgan fingerprint density at radius 3 is 2.81 bits per heavy atom. The summed E-state index contributed by atoms with van der Waals surface area (Å²) < 4.78 is 5.07. The molecule has 0 fully saturated rings. The third-order valence-electron chi connectivity index (χ3n) is 2.10. The summed E-state index contributed by atoms with van der Waals surface area (Å²) in [5.41, 5.74) is 12.1. The predicted octanol–water partition coefficient (Wildman–Crippen LogP) is 1.25. The highest BCUT2D eigenvalue weighted by atomic mass is 35.5. The number of carbonyl (C=O) groups excluding carboxylic acids is 1. The molecule has 0 aliphatic heterocycles. The molecule has 1 unspecified atom stereocenters. The predicted molar refractivity (Wildman–Crippen MR) is 63.5 cm³/mol. The van der Waals surface area contributed by atoms with Crippen LogP contribution in [0.1, 0.15) is 20.3 Å². The van der Waals surface area contributed by atoms with Crippen LogP contribution in [0.4, 0.5) is 0 Å². The van der Waals surface area contributed by atoms with E-state index in [4.69, 9.17) is 27.8 Å². The summed E-state index contributed by atoms with van der Waals surface area (Å²) in [7, 11) is 0. The minimum atomic E-state index is -0.994. The molecule has 16 heavy (non-hydrogen) atoms.